The summed E-state index contributed by atoms with van der Waals surface area (Å²) in [7, 11) is 2.67. The number of amides is 1. The predicted molar refractivity (Wildman–Crippen MR) is 126 cm³/mol. The minimum absolute atomic E-state index is 0.0376. The fourth-order valence-corrected chi connectivity index (χ4v) is 4.22. The summed E-state index contributed by atoms with van der Waals surface area (Å²) >= 11 is 0. The highest BCUT2D eigenvalue weighted by atomic mass is 19.1. The smallest absolute Gasteiger partial charge is 0.409 e. The number of likely N-dealkylation sites (tertiary alicyclic amines) is 1. The number of benzene rings is 1. The van der Waals surface area contributed by atoms with Crippen LogP contribution in [0.2, 0.25) is 0 Å². The molecule has 1 aliphatic rings. The first kappa shape index (κ1) is 24.4. The van der Waals surface area contributed by atoms with Gasteiger partial charge in [0.15, 0.2) is 11.3 Å². The monoisotopic (exact) mass is 484 g/mol. The van der Waals surface area contributed by atoms with Gasteiger partial charge in [-0.2, -0.15) is 5.10 Å². The Bertz CT molecular complexity index is 1220. The number of piperidine rings is 1. The number of pyridine rings is 1. The Hall–Kier alpha value is -3.69. The number of hydrogen-bond acceptors (Lipinski definition) is 7. The maximum absolute atomic E-state index is 13.5. The topological polar surface area (TPSA) is 95.8 Å². The molecular weight excluding hydrogens is 455 g/mol. The van der Waals surface area contributed by atoms with Gasteiger partial charge in [0, 0.05) is 19.2 Å². The van der Waals surface area contributed by atoms with Crippen LogP contribution < -0.4 is 4.74 Å². The molecule has 0 N–H and O–H groups in total. The second-order valence-corrected chi connectivity index (χ2v) is 8.84. The zero-order valence-corrected chi connectivity index (χ0v) is 20.3. The number of rotatable bonds is 6. The molecule has 35 heavy (non-hydrogen) atoms. The highest BCUT2D eigenvalue weighted by Crippen LogP contribution is 2.35. The molecule has 186 valence electrons. The molecule has 2 aromatic heterocycles. The van der Waals surface area contributed by atoms with E-state index >= 15 is 0 Å². The minimum atomic E-state index is -0.596. The van der Waals surface area contributed by atoms with Gasteiger partial charge in [0.2, 0.25) is 0 Å². The lowest BCUT2D eigenvalue weighted by molar-refractivity contribution is 0.0593. The number of hydrogen-bond donors (Lipinski definition) is 0. The molecule has 1 aromatic carbocycles. The van der Waals surface area contributed by atoms with Crippen molar-refractivity contribution in [2.45, 2.75) is 32.6 Å². The number of nitrogens with zero attached hydrogens (tertiary/aromatic N) is 4. The zero-order valence-electron chi connectivity index (χ0n) is 20.3. The molecule has 0 atom stereocenters. The number of ether oxygens (including phenoxy) is 3. The Morgan fingerprint density at radius 2 is 1.80 bits per heavy atom. The van der Waals surface area contributed by atoms with Crippen molar-refractivity contribution in [3.63, 3.8) is 0 Å². The first-order valence-corrected chi connectivity index (χ1v) is 11.6. The van der Waals surface area contributed by atoms with Crippen molar-refractivity contribution in [1.82, 2.24) is 19.7 Å². The van der Waals surface area contributed by atoms with Crippen molar-refractivity contribution in [3.8, 4) is 11.4 Å². The molecule has 1 amide bonds. The van der Waals surface area contributed by atoms with E-state index in [4.69, 9.17) is 19.3 Å². The van der Waals surface area contributed by atoms with Crippen molar-refractivity contribution in [2.75, 3.05) is 33.9 Å². The van der Waals surface area contributed by atoms with Gasteiger partial charge in [-0.25, -0.2) is 23.6 Å². The van der Waals surface area contributed by atoms with Crippen LogP contribution in [0.5, 0.6) is 5.75 Å². The molecule has 0 bridgehead atoms. The van der Waals surface area contributed by atoms with E-state index in [1.165, 1.54) is 26.4 Å². The molecule has 10 heteroatoms. The Labute approximate surface area is 202 Å². The fourth-order valence-electron chi connectivity index (χ4n) is 4.22. The zero-order chi connectivity index (χ0) is 25.1. The highest BCUT2D eigenvalue weighted by Gasteiger charge is 2.26. The summed E-state index contributed by atoms with van der Waals surface area (Å²) in [4.78, 5) is 30.4. The fraction of sp³-hybridized carbons (Fsp3) is 0.440. The number of carbonyl (C=O) groups is 2. The molecular formula is C25H29FN4O5. The van der Waals surface area contributed by atoms with Gasteiger partial charge >= 0.3 is 12.1 Å². The summed E-state index contributed by atoms with van der Waals surface area (Å²) in [5.74, 6) is -0.199. The summed E-state index contributed by atoms with van der Waals surface area (Å²) in [6.07, 6.45) is 1.23. The van der Waals surface area contributed by atoms with E-state index < -0.39 is 5.97 Å². The lowest BCUT2D eigenvalue weighted by Gasteiger charge is -2.30. The van der Waals surface area contributed by atoms with E-state index in [1.54, 1.807) is 27.8 Å². The van der Waals surface area contributed by atoms with Crippen LogP contribution in [-0.2, 0) is 9.47 Å². The van der Waals surface area contributed by atoms with Gasteiger partial charge in [0.05, 0.1) is 37.6 Å². The number of aromatic nitrogens is 3. The maximum atomic E-state index is 13.5. The Kier molecular flexibility index (Phi) is 7.18. The molecule has 3 heterocycles. The van der Waals surface area contributed by atoms with E-state index in [0.29, 0.717) is 42.2 Å². The van der Waals surface area contributed by atoms with Crippen molar-refractivity contribution in [2.24, 2.45) is 5.92 Å². The molecule has 0 aliphatic carbocycles. The number of esters is 1. The first-order valence-electron chi connectivity index (χ1n) is 11.6. The van der Waals surface area contributed by atoms with Crippen molar-refractivity contribution >= 4 is 23.1 Å². The van der Waals surface area contributed by atoms with Gasteiger partial charge in [-0.3, -0.25) is 0 Å². The van der Waals surface area contributed by atoms with Crippen LogP contribution in [0.3, 0.4) is 0 Å². The largest absolute Gasteiger partial charge is 0.492 e. The number of carbonyl (C=O) groups excluding carboxylic acids is 2. The van der Waals surface area contributed by atoms with Crippen LogP contribution in [0.15, 0.2) is 30.3 Å². The third-order valence-corrected chi connectivity index (χ3v) is 6.16. The summed E-state index contributed by atoms with van der Waals surface area (Å²) in [6.45, 7) is 5.63. The molecule has 9 nitrogen and oxygen atoms in total. The summed E-state index contributed by atoms with van der Waals surface area (Å²) in [5.41, 5.74) is 1.88. The maximum Gasteiger partial charge on any atom is 0.409 e. The standard InChI is InChI=1S/C25H29FN4O5/c1-15(2)22-21-20(35-14-16-9-11-29(12-10-16)25(32)34-4)13-19(24(31)33-3)27-23(21)30(28-22)18-7-5-17(26)6-8-18/h5-8,13,15-16H,9-12,14H2,1-4H3. The van der Waals surface area contributed by atoms with E-state index in [2.05, 4.69) is 4.98 Å². The van der Waals surface area contributed by atoms with Crippen LogP contribution in [-0.4, -0.2) is 65.6 Å². The van der Waals surface area contributed by atoms with Crippen molar-refractivity contribution in [3.05, 3.63) is 47.5 Å². The Morgan fingerprint density at radius 1 is 1.11 bits per heavy atom. The molecule has 1 fully saturated rings. The van der Waals surface area contributed by atoms with Gasteiger partial charge in [0.25, 0.3) is 0 Å². The molecule has 0 unspecified atom stereocenters. The molecule has 0 saturated carbocycles. The van der Waals surface area contributed by atoms with Gasteiger partial charge in [0.1, 0.15) is 11.6 Å². The molecule has 1 aliphatic heterocycles. The van der Waals surface area contributed by atoms with Gasteiger partial charge in [-0.15, -0.1) is 0 Å². The number of methoxy groups -OCH3 is 2. The quantitative estimate of drug-likeness (QED) is 0.481. The minimum Gasteiger partial charge on any atom is -0.492 e. The van der Waals surface area contributed by atoms with Gasteiger partial charge < -0.3 is 19.1 Å². The average molecular weight is 485 g/mol. The number of fused-ring (bicyclic) bond motifs is 1. The van der Waals surface area contributed by atoms with E-state index in [0.717, 1.165) is 18.5 Å². The van der Waals surface area contributed by atoms with Crippen LogP contribution in [0, 0.1) is 11.7 Å². The van der Waals surface area contributed by atoms with E-state index in [9.17, 15) is 14.0 Å². The van der Waals surface area contributed by atoms with Gasteiger partial charge in [-0.1, -0.05) is 13.8 Å². The second-order valence-electron chi connectivity index (χ2n) is 8.84. The lowest BCUT2D eigenvalue weighted by Crippen LogP contribution is -2.39. The lowest BCUT2D eigenvalue weighted by atomic mass is 9.98. The van der Waals surface area contributed by atoms with Crippen LogP contribution in [0.25, 0.3) is 16.7 Å². The Balaban J connectivity index is 1.71. The Morgan fingerprint density at radius 3 is 2.40 bits per heavy atom. The van der Waals surface area contributed by atoms with Gasteiger partial charge in [-0.05, 0) is 48.9 Å². The van der Waals surface area contributed by atoms with E-state index in [-0.39, 0.29) is 29.4 Å². The summed E-state index contributed by atoms with van der Waals surface area (Å²) in [5, 5.41) is 5.45. The third-order valence-electron chi connectivity index (χ3n) is 6.16. The average Bonchev–Trinajstić information content (AvgIpc) is 3.27. The molecule has 3 aromatic rings. The van der Waals surface area contributed by atoms with Crippen LogP contribution >= 0.6 is 0 Å². The molecule has 0 spiro atoms. The van der Waals surface area contributed by atoms with Crippen molar-refractivity contribution in [1.29, 1.82) is 0 Å². The summed E-state index contributed by atoms with van der Waals surface area (Å²) in [6, 6.07) is 7.49. The van der Waals surface area contributed by atoms with E-state index in [1.807, 2.05) is 13.8 Å². The normalized spacial score (nSPS) is 14.4. The SMILES string of the molecule is COC(=O)c1cc(OCC2CCN(C(=O)OC)CC2)c2c(C(C)C)nn(-c3ccc(F)cc3)c2n1. The molecule has 0 radical (unpaired) electrons. The molecule has 1 saturated heterocycles. The first-order chi connectivity index (χ1) is 16.8. The number of halogens is 1. The second kappa shape index (κ2) is 10.3. The van der Waals surface area contributed by atoms with Crippen molar-refractivity contribution < 1.29 is 28.2 Å². The highest BCUT2D eigenvalue weighted by molar-refractivity contribution is 5.94. The van der Waals surface area contributed by atoms with Crippen LogP contribution in [0.4, 0.5) is 9.18 Å². The summed E-state index contributed by atoms with van der Waals surface area (Å²) < 4.78 is 31.1. The predicted octanol–water partition coefficient (Wildman–Crippen LogP) is 4.33. The third kappa shape index (κ3) is 5.06. The molecule has 4 rings (SSSR count). The van der Waals surface area contributed by atoms with Crippen LogP contribution in [0.1, 0.15) is 48.8 Å².